The Balaban J connectivity index is 1.61. The van der Waals surface area contributed by atoms with Crippen LogP contribution in [0.25, 0.3) is 21.9 Å². The summed E-state index contributed by atoms with van der Waals surface area (Å²) < 4.78 is 5.93. The van der Waals surface area contributed by atoms with Crippen LogP contribution in [0.4, 0.5) is 0 Å². The third-order valence-corrected chi connectivity index (χ3v) is 4.40. The molecule has 4 rings (SSSR count). The number of benzene rings is 2. The molecule has 24 heavy (non-hydrogen) atoms. The summed E-state index contributed by atoms with van der Waals surface area (Å²) in [6.07, 6.45) is 0. The van der Waals surface area contributed by atoms with Crippen LogP contribution in [-0.2, 0) is 0 Å². The number of aryl methyl sites for hydroxylation is 1. The zero-order valence-corrected chi connectivity index (χ0v) is 13.6. The van der Waals surface area contributed by atoms with Gasteiger partial charge in [-0.3, -0.25) is 4.79 Å². The molecule has 1 atom stereocenters. The average Bonchev–Trinajstić information content (AvgIpc) is 3.17. The maximum atomic E-state index is 12.5. The lowest BCUT2D eigenvalue weighted by atomic mass is 10.1. The fourth-order valence-electron chi connectivity index (χ4n) is 3.14. The number of rotatable bonds is 3. The quantitative estimate of drug-likeness (QED) is 0.574. The number of hydrogen-bond acceptors (Lipinski definition) is 2. The number of nitrogens with one attached hydrogen (secondary N) is 2. The first-order valence-electron chi connectivity index (χ1n) is 8.00. The second kappa shape index (κ2) is 5.57. The Kier molecular flexibility index (Phi) is 3.38. The minimum Gasteiger partial charge on any atom is -0.459 e. The van der Waals surface area contributed by atoms with Crippen molar-refractivity contribution < 1.29 is 9.21 Å². The van der Waals surface area contributed by atoms with E-state index in [1.807, 2.05) is 68.4 Å². The van der Waals surface area contributed by atoms with Crippen molar-refractivity contribution in [1.29, 1.82) is 0 Å². The minimum atomic E-state index is -0.212. The highest BCUT2D eigenvalue weighted by atomic mass is 16.3. The molecular formula is C20H18N2O2. The van der Waals surface area contributed by atoms with Crippen molar-refractivity contribution in [2.75, 3.05) is 0 Å². The van der Waals surface area contributed by atoms with Crippen molar-refractivity contribution in [2.24, 2.45) is 0 Å². The molecule has 2 aromatic carbocycles. The van der Waals surface area contributed by atoms with Gasteiger partial charge in [0, 0.05) is 21.9 Å². The molecule has 0 radical (unpaired) electrons. The number of aromatic amines is 1. The van der Waals surface area contributed by atoms with Crippen molar-refractivity contribution >= 4 is 27.8 Å². The van der Waals surface area contributed by atoms with E-state index in [4.69, 9.17) is 4.42 Å². The molecular weight excluding hydrogens is 300 g/mol. The fraction of sp³-hybridized carbons (Fsp3) is 0.150. The molecule has 0 spiro atoms. The molecule has 2 aromatic heterocycles. The van der Waals surface area contributed by atoms with E-state index in [2.05, 4.69) is 10.3 Å². The molecule has 2 heterocycles. The molecule has 0 saturated heterocycles. The van der Waals surface area contributed by atoms with Crippen LogP contribution in [0.1, 0.15) is 34.8 Å². The van der Waals surface area contributed by atoms with E-state index in [1.165, 1.54) is 0 Å². The summed E-state index contributed by atoms with van der Waals surface area (Å²) in [6.45, 7) is 3.96. The third kappa shape index (κ3) is 2.36. The molecule has 0 aliphatic rings. The van der Waals surface area contributed by atoms with Crippen molar-refractivity contribution in [3.8, 4) is 0 Å². The Morgan fingerprint density at radius 3 is 2.67 bits per heavy atom. The molecule has 0 saturated carbocycles. The number of H-pyrrole nitrogens is 1. The molecule has 0 fully saturated rings. The van der Waals surface area contributed by atoms with E-state index in [1.54, 1.807) is 0 Å². The lowest BCUT2D eigenvalue weighted by molar-refractivity contribution is 0.0931. The van der Waals surface area contributed by atoms with Crippen LogP contribution in [0.5, 0.6) is 0 Å². The van der Waals surface area contributed by atoms with E-state index >= 15 is 0 Å². The highest BCUT2D eigenvalue weighted by molar-refractivity contribution is 5.98. The first-order valence-corrected chi connectivity index (χ1v) is 8.00. The Morgan fingerprint density at radius 1 is 1.12 bits per heavy atom. The van der Waals surface area contributed by atoms with Gasteiger partial charge in [0.2, 0.25) is 0 Å². The topological polar surface area (TPSA) is 58.0 Å². The maximum absolute atomic E-state index is 12.5. The molecule has 0 aliphatic heterocycles. The van der Waals surface area contributed by atoms with Crippen molar-refractivity contribution in [1.82, 2.24) is 10.3 Å². The Hall–Kier alpha value is -3.01. The van der Waals surface area contributed by atoms with Gasteiger partial charge in [0.1, 0.15) is 17.0 Å². The first-order chi connectivity index (χ1) is 11.6. The zero-order chi connectivity index (χ0) is 16.7. The zero-order valence-electron chi connectivity index (χ0n) is 13.6. The minimum absolute atomic E-state index is 0.140. The SMILES string of the molecule is Cc1c(C(C)NC(=O)c2cc3ccccc3[nH]2)oc2ccccc12. The smallest absolute Gasteiger partial charge is 0.268 e. The standard InChI is InChI=1S/C20H18N2O2/c1-12-15-8-4-6-10-18(15)24-19(12)13(2)21-20(23)17-11-14-7-3-5-9-16(14)22-17/h3-11,13,22H,1-2H3,(H,21,23). The predicted molar refractivity (Wildman–Crippen MR) is 95.1 cm³/mol. The summed E-state index contributed by atoms with van der Waals surface area (Å²) in [7, 11) is 0. The van der Waals surface area contributed by atoms with Gasteiger partial charge < -0.3 is 14.7 Å². The molecule has 0 bridgehead atoms. The summed E-state index contributed by atoms with van der Waals surface area (Å²) in [5.74, 6) is 0.652. The molecule has 0 aliphatic carbocycles. The lowest BCUT2D eigenvalue weighted by Crippen LogP contribution is -2.27. The largest absolute Gasteiger partial charge is 0.459 e. The van der Waals surface area contributed by atoms with Crippen LogP contribution >= 0.6 is 0 Å². The van der Waals surface area contributed by atoms with Crippen molar-refractivity contribution in [3.05, 3.63) is 71.6 Å². The molecule has 2 N–H and O–H groups in total. The predicted octanol–water partition coefficient (Wildman–Crippen LogP) is 4.71. The Morgan fingerprint density at radius 2 is 1.88 bits per heavy atom. The summed E-state index contributed by atoms with van der Waals surface area (Å²) in [6, 6.07) is 17.4. The van der Waals surface area contributed by atoms with Crippen LogP contribution < -0.4 is 5.32 Å². The van der Waals surface area contributed by atoms with Crippen LogP contribution in [-0.4, -0.2) is 10.9 Å². The Bertz CT molecular complexity index is 1010. The summed E-state index contributed by atoms with van der Waals surface area (Å²) in [4.78, 5) is 15.7. The van der Waals surface area contributed by atoms with Gasteiger partial charge in [-0.05, 0) is 32.0 Å². The van der Waals surface area contributed by atoms with E-state index in [0.717, 1.165) is 33.2 Å². The van der Waals surface area contributed by atoms with Gasteiger partial charge in [0.15, 0.2) is 0 Å². The highest BCUT2D eigenvalue weighted by Gasteiger charge is 2.19. The number of carbonyl (C=O) groups excluding carboxylic acids is 1. The summed E-state index contributed by atoms with van der Waals surface area (Å²) in [5, 5.41) is 5.12. The third-order valence-electron chi connectivity index (χ3n) is 4.40. The van der Waals surface area contributed by atoms with Crippen molar-refractivity contribution in [2.45, 2.75) is 19.9 Å². The second-order valence-corrected chi connectivity index (χ2v) is 6.05. The maximum Gasteiger partial charge on any atom is 0.268 e. The number of para-hydroxylation sites is 2. The number of aromatic nitrogens is 1. The van der Waals surface area contributed by atoms with Crippen LogP contribution in [0.15, 0.2) is 59.0 Å². The fourth-order valence-corrected chi connectivity index (χ4v) is 3.14. The lowest BCUT2D eigenvalue weighted by Gasteiger charge is -2.11. The highest BCUT2D eigenvalue weighted by Crippen LogP contribution is 2.29. The normalized spacial score (nSPS) is 12.6. The van der Waals surface area contributed by atoms with Gasteiger partial charge in [-0.25, -0.2) is 0 Å². The van der Waals surface area contributed by atoms with E-state index in [9.17, 15) is 4.79 Å². The van der Waals surface area contributed by atoms with Gasteiger partial charge in [-0.2, -0.15) is 0 Å². The van der Waals surface area contributed by atoms with Crippen LogP contribution in [0, 0.1) is 6.92 Å². The van der Waals surface area contributed by atoms with E-state index in [0.29, 0.717) is 5.69 Å². The first kappa shape index (κ1) is 14.6. The molecule has 4 nitrogen and oxygen atoms in total. The Labute approximate surface area is 139 Å². The summed E-state index contributed by atoms with van der Waals surface area (Å²) in [5.41, 5.74) is 3.42. The van der Waals surface area contributed by atoms with Crippen LogP contribution in [0.2, 0.25) is 0 Å². The molecule has 1 amide bonds. The van der Waals surface area contributed by atoms with Gasteiger partial charge in [0.25, 0.3) is 5.91 Å². The van der Waals surface area contributed by atoms with E-state index < -0.39 is 0 Å². The number of furan rings is 1. The van der Waals surface area contributed by atoms with Crippen molar-refractivity contribution in [3.63, 3.8) is 0 Å². The van der Waals surface area contributed by atoms with Gasteiger partial charge in [-0.1, -0.05) is 36.4 Å². The number of carbonyl (C=O) groups is 1. The van der Waals surface area contributed by atoms with Gasteiger partial charge in [-0.15, -0.1) is 0 Å². The molecule has 120 valence electrons. The van der Waals surface area contributed by atoms with Gasteiger partial charge in [0.05, 0.1) is 6.04 Å². The molecule has 4 aromatic rings. The van der Waals surface area contributed by atoms with Crippen LogP contribution in [0.3, 0.4) is 0 Å². The number of fused-ring (bicyclic) bond motifs is 2. The number of amides is 1. The summed E-state index contributed by atoms with van der Waals surface area (Å²) >= 11 is 0. The molecule has 1 unspecified atom stereocenters. The van der Waals surface area contributed by atoms with Gasteiger partial charge >= 0.3 is 0 Å². The second-order valence-electron chi connectivity index (χ2n) is 6.05. The number of hydrogen-bond donors (Lipinski definition) is 2. The average molecular weight is 318 g/mol. The van der Waals surface area contributed by atoms with E-state index in [-0.39, 0.29) is 11.9 Å². The monoisotopic (exact) mass is 318 g/mol. The molecule has 4 heteroatoms.